The molecule has 1 aromatic rings. The second-order valence-corrected chi connectivity index (χ2v) is 3.31. The zero-order valence-corrected chi connectivity index (χ0v) is 9.64. The Kier molecular flexibility index (Phi) is 4.57. The van der Waals surface area contributed by atoms with E-state index >= 15 is 0 Å². The van der Waals surface area contributed by atoms with Crippen molar-refractivity contribution < 1.29 is 9.72 Å². The molecule has 94 valence electrons. The number of carbonyl (C=O) groups is 1. The maximum atomic E-state index is 11.0. The van der Waals surface area contributed by atoms with Crippen LogP contribution in [0.4, 0.5) is 11.5 Å². The molecule has 0 aliphatic carbocycles. The van der Waals surface area contributed by atoms with Crippen LogP contribution in [0.3, 0.4) is 0 Å². The highest BCUT2D eigenvalue weighted by molar-refractivity contribution is 5.76. The van der Waals surface area contributed by atoms with Crippen LogP contribution in [0.2, 0.25) is 0 Å². The molecule has 0 aliphatic heterocycles. The standard InChI is InChI=1S/C10H11N5O3/c1-12-9(16)2-3-13-10-8(15(17)18)4-7(5-11)6-14-10/h4,6H,2-3H2,1H3,(H,12,16)(H,13,14). The largest absolute Gasteiger partial charge is 0.364 e. The van der Waals surface area contributed by atoms with Gasteiger partial charge in [0.1, 0.15) is 6.07 Å². The molecule has 2 N–H and O–H groups in total. The number of nitriles is 1. The Labute approximate surface area is 103 Å². The summed E-state index contributed by atoms with van der Waals surface area (Å²) in [6.07, 6.45) is 1.41. The summed E-state index contributed by atoms with van der Waals surface area (Å²) in [7, 11) is 1.50. The molecule has 0 aromatic carbocycles. The fourth-order valence-corrected chi connectivity index (χ4v) is 1.21. The van der Waals surface area contributed by atoms with Gasteiger partial charge in [-0.3, -0.25) is 14.9 Å². The van der Waals surface area contributed by atoms with Crippen molar-refractivity contribution in [3.8, 4) is 6.07 Å². The molecule has 8 heteroatoms. The molecule has 8 nitrogen and oxygen atoms in total. The third-order valence-corrected chi connectivity index (χ3v) is 2.12. The lowest BCUT2D eigenvalue weighted by Gasteiger charge is -2.05. The van der Waals surface area contributed by atoms with Crippen molar-refractivity contribution in [1.82, 2.24) is 10.3 Å². The number of amides is 1. The van der Waals surface area contributed by atoms with Crippen molar-refractivity contribution in [2.45, 2.75) is 6.42 Å². The Hall–Kier alpha value is -2.69. The Morgan fingerprint density at radius 1 is 1.67 bits per heavy atom. The number of nitrogens with zero attached hydrogens (tertiary/aromatic N) is 3. The SMILES string of the molecule is CNC(=O)CCNc1ncc(C#N)cc1[N+](=O)[O-]. The first-order valence-corrected chi connectivity index (χ1v) is 5.07. The number of pyridine rings is 1. The molecule has 0 saturated carbocycles. The highest BCUT2D eigenvalue weighted by atomic mass is 16.6. The molecule has 0 saturated heterocycles. The summed E-state index contributed by atoms with van der Waals surface area (Å²) in [4.78, 5) is 24.9. The van der Waals surface area contributed by atoms with Gasteiger partial charge in [-0.25, -0.2) is 4.98 Å². The van der Waals surface area contributed by atoms with Gasteiger partial charge in [0.05, 0.1) is 10.5 Å². The van der Waals surface area contributed by atoms with Crippen molar-refractivity contribution in [1.29, 1.82) is 5.26 Å². The molecule has 0 radical (unpaired) electrons. The van der Waals surface area contributed by atoms with Crippen LogP contribution < -0.4 is 10.6 Å². The summed E-state index contributed by atoms with van der Waals surface area (Å²) in [5.41, 5.74) is -0.176. The topological polar surface area (TPSA) is 121 Å². The van der Waals surface area contributed by atoms with Crippen LogP contribution in [0.25, 0.3) is 0 Å². The average Bonchev–Trinajstić information content (AvgIpc) is 2.38. The molecule has 1 amide bonds. The number of carbonyl (C=O) groups excluding carboxylic acids is 1. The molecule has 0 spiro atoms. The quantitative estimate of drug-likeness (QED) is 0.575. The fourth-order valence-electron chi connectivity index (χ4n) is 1.21. The third-order valence-electron chi connectivity index (χ3n) is 2.12. The number of hydrogen-bond acceptors (Lipinski definition) is 6. The number of rotatable bonds is 5. The minimum atomic E-state index is -0.629. The minimum absolute atomic E-state index is 0.0444. The third kappa shape index (κ3) is 3.41. The Morgan fingerprint density at radius 2 is 2.39 bits per heavy atom. The molecule has 18 heavy (non-hydrogen) atoms. The molecule has 0 atom stereocenters. The van der Waals surface area contributed by atoms with E-state index in [0.717, 1.165) is 6.07 Å². The van der Waals surface area contributed by atoms with Crippen molar-refractivity contribution in [2.75, 3.05) is 18.9 Å². The Balaban J connectivity index is 2.79. The van der Waals surface area contributed by atoms with Crippen molar-refractivity contribution in [2.24, 2.45) is 0 Å². The first-order valence-electron chi connectivity index (χ1n) is 5.07. The molecule has 0 fully saturated rings. The van der Waals surface area contributed by atoms with Crippen molar-refractivity contribution in [3.05, 3.63) is 27.9 Å². The first-order chi connectivity index (χ1) is 8.58. The molecule has 1 heterocycles. The zero-order valence-electron chi connectivity index (χ0n) is 9.64. The van der Waals surface area contributed by atoms with Gasteiger partial charge >= 0.3 is 5.69 Å². The van der Waals surface area contributed by atoms with E-state index in [0.29, 0.717) is 0 Å². The van der Waals surface area contributed by atoms with E-state index in [1.165, 1.54) is 13.2 Å². The second-order valence-electron chi connectivity index (χ2n) is 3.31. The lowest BCUT2D eigenvalue weighted by atomic mass is 10.2. The Morgan fingerprint density at radius 3 is 2.94 bits per heavy atom. The smallest absolute Gasteiger partial charge is 0.312 e. The highest BCUT2D eigenvalue weighted by Crippen LogP contribution is 2.22. The number of nitrogens with one attached hydrogen (secondary N) is 2. The number of anilines is 1. The molecule has 1 aromatic heterocycles. The van der Waals surface area contributed by atoms with Crippen LogP contribution in [0, 0.1) is 21.4 Å². The maximum Gasteiger partial charge on any atom is 0.312 e. The van der Waals surface area contributed by atoms with E-state index in [1.807, 2.05) is 0 Å². The lowest BCUT2D eigenvalue weighted by Crippen LogP contribution is -2.21. The maximum absolute atomic E-state index is 11.0. The molecular weight excluding hydrogens is 238 g/mol. The summed E-state index contributed by atoms with van der Waals surface area (Å²) in [6.45, 7) is 0.222. The summed E-state index contributed by atoms with van der Waals surface area (Å²) < 4.78 is 0. The second kappa shape index (κ2) is 6.15. The summed E-state index contributed by atoms with van der Waals surface area (Å²) in [5, 5.41) is 24.5. The van der Waals surface area contributed by atoms with Crippen LogP contribution in [-0.2, 0) is 4.79 Å². The zero-order chi connectivity index (χ0) is 13.5. The van der Waals surface area contributed by atoms with Crippen LogP contribution >= 0.6 is 0 Å². The minimum Gasteiger partial charge on any atom is -0.364 e. The number of hydrogen-bond donors (Lipinski definition) is 2. The first kappa shape index (κ1) is 13.4. The van der Waals surface area contributed by atoms with E-state index in [2.05, 4.69) is 15.6 Å². The molecule has 0 unspecified atom stereocenters. The van der Waals surface area contributed by atoms with Crippen LogP contribution in [0.1, 0.15) is 12.0 Å². The van der Waals surface area contributed by atoms with Gasteiger partial charge in [0, 0.05) is 32.3 Å². The normalized spacial score (nSPS) is 9.33. The predicted molar refractivity (Wildman–Crippen MR) is 62.8 cm³/mol. The predicted octanol–water partition coefficient (Wildman–Crippen LogP) is 0.409. The molecule has 0 aliphatic rings. The van der Waals surface area contributed by atoms with E-state index in [4.69, 9.17) is 5.26 Å². The lowest BCUT2D eigenvalue weighted by molar-refractivity contribution is -0.384. The van der Waals surface area contributed by atoms with Gasteiger partial charge in [-0.05, 0) is 0 Å². The van der Waals surface area contributed by atoms with Gasteiger partial charge in [0.15, 0.2) is 0 Å². The van der Waals surface area contributed by atoms with Gasteiger partial charge in [-0.1, -0.05) is 0 Å². The van der Waals surface area contributed by atoms with Gasteiger partial charge in [0.25, 0.3) is 0 Å². The Bertz CT molecular complexity index is 509. The van der Waals surface area contributed by atoms with E-state index in [9.17, 15) is 14.9 Å². The number of nitro groups is 1. The van der Waals surface area contributed by atoms with E-state index in [1.54, 1.807) is 6.07 Å². The van der Waals surface area contributed by atoms with Crippen LogP contribution in [0.5, 0.6) is 0 Å². The van der Waals surface area contributed by atoms with Gasteiger partial charge in [0.2, 0.25) is 11.7 Å². The van der Waals surface area contributed by atoms with Crippen LogP contribution in [0.15, 0.2) is 12.3 Å². The van der Waals surface area contributed by atoms with Crippen molar-refractivity contribution >= 4 is 17.4 Å². The molecular formula is C10H11N5O3. The average molecular weight is 249 g/mol. The monoisotopic (exact) mass is 249 g/mol. The van der Waals surface area contributed by atoms with Crippen molar-refractivity contribution in [3.63, 3.8) is 0 Å². The summed E-state index contributed by atoms with van der Waals surface area (Å²) in [5.74, 6) is -0.137. The fraction of sp³-hybridized carbons (Fsp3) is 0.300. The van der Waals surface area contributed by atoms with E-state index in [-0.39, 0.29) is 35.9 Å². The molecule has 0 bridgehead atoms. The summed E-state index contributed by atoms with van der Waals surface area (Å²) in [6, 6.07) is 2.91. The molecule has 1 rings (SSSR count). The van der Waals surface area contributed by atoms with Gasteiger partial charge < -0.3 is 10.6 Å². The van der Waals surface area contributed by atoms with Gasteiger partial charge in [-0.2, -0.15) is 5.26 Å². The van der Waals surface area contributed by atoms with Gasteiger partial charge in [-0.15, -0.1) is 0 Å². The number of aromatic nitrogens is 1. The van der Waals surface area contributed by atoms with E-state index < -0.39 is 4.92 Å². The van der Waals surface area contributed by atoms with Crippen LogP contribution in [-0.4, -0.2) is 29.4 Å². The highest BCUT2D eigenvalue weighted by Gasteiger charge is 2.16. The summed E-state index contributed by atoms with van der Waals surface area (Å²) >= 11 is 0.